The van der Waals surface area contributed by atoms with Crippen LogP contribution in [-0.2, 0) is 13.0 Å². The molecule has 0 spiro atoms. The molecule has 1 aromatic carbocycles. The summed E-state index contributed by atoms with van der Waals surface area (Å²) in [5, 5.41) is 0. The Kier molecular flexibility index (Phi) is 3.04. The molecular formula is C11H11N3O3. The highest BCUT2D eigenvalue weighted by Gasteiger charge is 2.02. The van der Waals surface area contributed by atoms with Crippen molar-refractivity contribution in [3.8, 4) is 0 Å². The van der Waals surface area contributed by atoms with Crippen LogP contribution in [0.1, 0.15) is 5.56 Å². The van der Waals surface area contributed by atoms with E-state index in [2.05, 4.69) is 0 Å². The number of aryl methyl sites for hydroxylation is 1. The number of hydrogen-bond donors (Lipinski definition) is 2. The molecule has 0 amide bonds. The van der Waals surface area contributed by atoms with Crippen LogP contribution in [0.5, 0.6) is 0 Å². The van der Waals surface area contributed by atoms with E-state index in [1.807, 2.05) is 40.3 Å². The van der Waals surface area contributed by atoms with Gasteiger partial charge in [0, 0.05) is 6.54 Å². The van der Waals surface area contributed by atoms with Crippen LogP contribution < -0.4 is 17.1 Å². The minimum absolute atomic E-state index is 0.231. The molecule has 0 saturated carbocycles. The lowest BCUT2D eigenvalue weighted by Gasteiger charge is -2.03. The third-order valence-corrected chi connectivity index (χ3v) is 2.40. The van der Waals surface area contributed by atoms with Crippen LogP contribution in [0, 0.1) is 0 Å². The number of nitrogens with one attached hydrogen (secondary N) is 2. The molecule has 1 aromatic heterocycles. The van der Waals surface area contributed by atoms with E-state index in [1.165, 1.54) is 0 Å². The van der Waals surface area contributed by atoms with Gasteiger partial charge in [0.2, 0.25) is 0 Å². The molecule has 1 heterocycles. The molecule has 88 valence electrons. The smallest absolute Gasteiger partial charge is 0.259 e. The highest BCUT2D eigenvalue weighted by Crippen LogP contribution is 1.99. The van der Waals surface area contributed by atoms with Crippen LogP contribution in [0.15, 0.2) is 44.7 Å². The van der Waals surface area contributed by atoms with E-state index in [0.717, 1.165) is 10.1 Å². The van der Waals surface area contributed by atoms with Gasteiger partial charge < -0.3 is 0 Å². The molecule has 2 aromatic rings. The molecule has 0 fully saturated rings. The highest BCUT2D eigenvalue weighted by molar-refractivity contribution is 5.14. The number of rotatable bonds is 3. The zero-order valence-electron chi connectivity index (χ0n) is 8.97. The number of aromatic nitrogens is 3. The molecule has 0 saturated heterocycles. The van der Waals surface area contributed by atoms with Crippen LogP contribution in [0.4, 0.5) is 0 Å². The molecule has 6 nitrogen and oxygen atoms in total. The first-order chi connectivity index (χ1) is 8.16. The Morgan fingerprint density at radius 1 is 0.941 bits per heavy atom. The molecule has 2 N–H and O–H groups in total. The largest absolute Gasteiger partial charge is 0.333 e. The number of benzene rings is 1. The van der Waals surface area contributed by atoms with E-state index in [1.54, 1.807) is 0 Å². The van der Waals surface area contributed by atoms with E-state index >= 15 is 0 Å². The van der Waals surface area contributed by atoms with Crippen LogP contribution in [0.3, 0.4) is 0 Å². The van der Waals surface area contributed by atoms with Crippen molar-refractivity contribution in [2.75, 3.05) is 0 Å². The molecule has 6 heteroatoms. The van der Waals surface area contributed by atoms with Crippen molar-refractivity contribution in [3.63, 3.8) is 0 Å². The van der Waals surface area contributed by atoms with Gasteiger partial charge in [-0.15, -0.1) is 0 Å². The maximum Gasteiger partial charge on any atom is 0.333 e. The van der Waals surface area contributed by atoms with E-state index in [-0.39, 0.29) is 6.54 Å². The van der Waals surface area contributed by atoms with Gasteiger partial charge in [-0.25, -0.2) is 19.0 Å². The average Bonchev–Trinajstić information content (AvgIpc) is 2.29. The van der Waals surface area contributed by atoms with Crippen molar-refractivity contribution >= 4 is 0 Å². The Morgan fingerprint density at radius 3 is 2.12 bits per heavy atom. The van der Waals surface area contributed by atoms with Gasteiger partial charge in [0.15, 0.2) is 0 Å². The summed E-state index contributed by atoms with van der Waals surface area (Å²) >= 11 is 0. The zero-order chi connectivity index (χ0) is 12.3. The first-order valence-electron chi connectivity index (χ1n) is 5.14. The van der Waals surface area contributed by atoms with Crippen molar-refractivity contribution in [2.45, 2.75) is 13.0 Å². The summed E-state index contributed by atoms with van der Waals surface area (Å²) < 4.78 is 0.967. The van der Waals surface area contributed by atoms with Gasteiger partial charge in [0.05, 0.1) is 0 Å². The summed E-state index contributed by atoms with van der Waals surface area (Å²) in [6.45, 7) is 0.231. The SMILES string of the molecule is O=c1[nH]c(=O)n(CCc2ccccc2)c(=O)[nH]1. The van der Waals surface area contributed by atoms with Crippen LogP contribution in [0.2, 0.25) is 0 Å². The highest BCUT2D eigenvalue weighted by atomic mass is 16.2. The quantitative estimate of drug-likeness (QED) is 0.746. The van der Waals surface area contributed by atoms with Gasteiger partial charge in [0.1, 0.15) is 0 Å². The average molecular weight is 233 g/mol. The molecule has 0 aliphatic carbocycles. The van der Waals surface area contributed by atoms with Gasteiger partial charge in [-0.1, -0.05) is 30.3 Å². The summed E-state index contributed by atoms with van der Waals surface area (Å²) in [6.07, 6.45) is 0.551. The van der Waals surface area contributed by atoms with Gasteiger partial charge in [-0.2, -0.15) is 0 Å². The Labute approximate surface area is 95.6 Å². The first kappa shape index (κ1) is 11.1. The second kappa shape index (κ2) is 4.65. The Bertz CT molecular complexity index is 632. The lowest BCUT2D eigenvalue weighted by Crippen LogP contribution is -2.43. The van der Waals surface area contributed by atoms with Gasteiger partial charge >= 0.3 is 17.1 Å². The van der Waals surface area contributed by atoms with Crippen LogP contribution in [0.25, 0.3) is 0 Å². The van der Waals surface area contributed by atoms with E-state index in [4.69, 9.17) is 0 Å². The topological polar surface area (TPSA) is 87.7 Å². The zero-order valence-corrected chi connectivity index (χ0v) is 8.97. The van der Waals surface area contributed by atoms with Crippen LogP contribution >= 0.6 is 0 Å². The number of H-pyrrole nitrogens is 2. The van der Waals surface area contributed by atoms with Crippen molar-refractivity contribution in [1.82, 2.24) is 14.5 Å². The monoisotopic (exact) mass is 233 g/mol. The van der Waals surface area contributed by atoms with Crippen LogP contribution in [-0.4, -0.2) is 14.5 Å². The van der Waals surface area contributed by atoms with Crippen molar-refractivity contribution in [2.24, 2.45) is 0 Å². The third kappa shape index (κ3) is 2.60. The number of hydrogen-bond acceptors (Lipinski definition) is 3. The second-order valence-corrected chi connectivity index (χ2v) is 3.58. The number of aromatic amines is 2. The molecule has 0 aliphatic heterocycles. The normalized spacial score (nSPS) is 10.4. The molecule has 0 bridgehead atoms. The molecule has 0 aliphatic rings. The summed E-state index contributed by atoms with van der Waals surface area (Å²) in [6, 6.07) is 9.47. The van der Waals surface area contributed by atoms with E-state index < -0.39 is 17.1 Å². The summed E-state index contributed by atoms with van der Waals surface area (Å²) in [5.41, 5.74) is -1.13. The standard InChI is InChI=1S/C11H11N3O3/c15-9-12-10(16)14(11(17)13-9)7-6-8-4-2-1-3-5-8/h1-5H,6-7H2,(H2,12,13,15,16,17). The number of nitrogens with zero attached hydrogens (tertiary/aromatic N) is 1. The summed E-state index contributed by atoms with van der Waals surface area (Å²) in [5.74, 6) is 0. The predicted octanol–water partition coefficient (Wildman–Crippen LogP) is -0.532. The maximum atomic E-state index is 11.4. The van der Waals surface area contributed by atoms with Crippen molar-refractivity contribution in [3.05, 3.63) is 67.3 Å². The fourth-order valence-corrected chi connectivity index (χ4v) is 1.54. The van der Waals surface area contributed by atoms with E-state index in [0.29, 0.717) is 6.42 Å². The Hall–Kier alpha value is -2.37. The Morgan fingerprint density at radius 2 is 1.53 bits per heavy atom. The summed E-state index contributed by atoms with van der Waals surface area (Å²) in [4.78, 5) is 37.6. The minimum Gasteiger partial charge on any atom is -0.259 e. The molecule has 0 atom stereocenters. The molecule has 0 radical (unpaired) electrons. The Balaban J connectivity index is 2.24. The van der Waals surface area contributed by atoms with Crippen molar-refractivity contribution < 1.29 is 0 Å². The minimum atomic E-state index is -0.782. The fourth-order valence-electron chi connectivity index (χ4n) is 1.54. The predicted molar refractivity (Wildman–Crippen MR) is 62.1 cm³/mol. The lowest BCUT2D eigenvalue weighted by molar-refractivity contribution is 0.596. The second-order valence-electron chi connectivity index (χ2n) is 3.58. The van der Waals surface area contributed by atoms with Gasteiger partial charge in [0.25, 0.3) is 0 Å². The third-order valence-electron chi connectivity index (χ3n) is 2.40. The lowest BCUT2D eigenvalue weighted by atomic mass is 10.1. The van der Waals surface area contributed by atoms with Crippen molar-refractivity contribution in [1.29, 1.82) is 0 Å². The van der Waals surface area contributed by atoms with Gasteiger partial charge in [-0.3, -0.25) is 9.97 Å². The summed E-state index contributed by atoms with van der Waals surface area (Å²) in [7, 11) is 0. The molecule has 17 heavy (non-hydrogen) atoms. The van der Waals surface area contributed by atoms with E-state index in [9.17, 15) is 14.4 Å². The van der Waals surface area contributed by atoms with Gasteiger partial charge in [-0.05, 0) is 12.0 Å². The molecular weight excluding hydrogens is 222 g/mol. The fraction of sp³-hybridized carbons (Fsp3) is 0.182. The maximum absolute atomic E-state index is 11.4. The first-order valence-corrected chi connectivity index (χ1v) is 5.14. The molecule has 0 unspecified atom stereocenters. The molecule has 2 rings (SSSR count).